The van der Waals surface area contributed by atoms with Gasteiger partial charge >= 0.3 is 0 Å². The van der Waals surface area contributed by atoms with Gasteiger partial charge in [0.25, 0.3) is 0 Å². The van der Waals surface area contributed by atoms with Gasteiger partial charge in [-0.15, -0.1) is 0 Å². The van der Waals surface area contributed by atoms with Crippen LogP contribution in [-0.2, 0) is 0 Å². The van der Waals surface area contributed by atoms with Crippen LogP contribution >= 0.6 is 0 Å². The third-order valence-electron chi connectivity index (χ3n) is 8.73. The minimum atomic E-state index is 0.641. The average Bonchev–Trinajstić information content (AvgIpc) is 3.17. The van der Waals surface area contributed by atoms with Crippen molar-refractivity contribution in [1.82, 2.24) is 0 Å². The fraction of sp³-hybridized carbons (Fsp3) is 1.00. The predicted molar refractivity (Wildman–Crippen MR) is 91.6 cm³/mol. The van der Waals surface area contributed by atoms with Crippen molar-refractivity contribution >= 4 is 7.28 Å². The van der Waals surface area contributed by atoms with E-state index in [1.807, 2.05) is 0 Å². The van der Waals surface area contributed by atoms with Gasteiger partial charge in [0.05, 0.1) is 0 Å². The summed E-state index contributed by atoms with van der Waals surface area (Å²) < 4.78 is 0. The minimum absolute atomic E-state index is 0.641. The lowest BCUT2D eigenvalue weighted by Crippen LogP contribution is -2.29. The summed E-state index contributed by atoms with van der Waals surface area (Å²) in [4.78, 5) is 0. The first-order chi connectivity index (χ1) is 9.76. The van der Waals surface area contributed by atoms with E-state index in [0.717, 1.165) is 47.1 Å². The molecule has 0 aliphatic heterocycles. The van der Waals surface area contributed by atoms with Gasteiger partial charge in [0.2, 0.25) is 0 Å². The Balaban J connectivity index is 1.52. The molecule has 117 valence electrons. The molecular formula is C20H34B. The molecule has 4 fully saturated rings. The molecule has 4 rings (SSSR count). The van der Waals surface area contributed by atoms with Crippen molar-refractivity contribution in [3.63, 3.8) is 0 Å². The number of rotatable bonds is 2. The molecule has 1 heteroatoms. The molecule has 4 saturated carbocycles. The molecule has 0 heterocycles. The van der Waals surface area contributed by atoms with E-state index in [9.17, 15) is 0 Å². The number of fused-ring (bicyclic) bond motifs is 2. The first-order valence-corrected chi connectivity index (χ1v) is 9.61. The smallest absolute Gasteiger partial charge is 0.0629 e. The summed E-state index contributed by atoms with van der Waals surface area (Å²) in [7, 11) is 2.91. The van der Waals surface area contributed by atoms with Crippen LogP contribution in [0.25, 0.3) is 0 Å². The van der Waals surface area contributed by atoms with Crippen LogP contribution in [0, 0.1) is 46.3 Å². The topological polar surface area (TPSA) is 0 Å². The Morgan fingerprint density at radius 1 is 0.667 bits per heavy atom. The second kappa shape index (κ2) is 4.32. The average molecular weight is 285 g/mol. The van der Waals surface area contributed by atoms with Gasteiger partial charge < -0.3 is 0 Å². The van der Waals surface area contributed by atoms with Gasteiger partial charge in [-0.1, -0.05) is 66.0 Å². The van der Waals surface area contributed by atoms with Crippen LogP contribution in [0.3, 0.4) is 0 Å². The van der Waals surface area contributed by atoms with Gasteiger partial charge in [0, 0.05) is 0 Å². The van der Waals surface area contributed by atoms with Crippen LogP contribution < -0.4 is 0 Å². The van der Waals surface area contributed by atoms with Crippen molar-refractivity contribution in [2.24, 2.45) is 46.3 Å². The maximum absolute atomic E-state index is 2.91. The predicted octanol–water partition coefficient (Wildman–Crippen LogP) is 5.67. The third-order valence-corrected chi connectivity index (χ3v) is 8.73. The van der Waals surface area contributed by atoms with Crippen molar-refractivity contribution in [3.05, 3.63) is 0 Å². The molecular weight excluding hydrogens is 251 g/mol. The van der Waals surface area contributed by atoms with E-state index in [0.29, 0.717) is 10.8 Å². The van der Waals surface area contributed by atoms with E-state index in [-0.39, 0.29) is 0 Å². The lowest BCUT2D eigenvalue weighted by atomic mass is 9.43. The van der Waals surface area contributed by atoms with Crippen molar-refractivity contribution < 1.29 is 0 Å². The molecule has 21 heavy (non-hydrogen) atoms. The number of hydrogen-bond acceptors (Lipinski definition) is 0. The summed E-state index contributed by atoms with van der Waals surface area (Å²) in [5.41, 5.74) is 1.28. The van der Waals surface area contributed by atoms with Crippen LogP contribution in [0.2, 0.25) is 11.6 Å². The Labute approximate surface area is 133 Å². The van der Waals surface area contributed by atoms with E-state index in [1.54, 1.807) is 0 Å². The fourth-order valence-corrected chi connectivity index (χ4v) is 7.06. The quantitative estimate of drug-likeness (QED) is 0.573. The first kappa shape index (κ1) is 14.6. The zero-order chi connectivity index (χ0) is 15.2. The van der Waals surface area contributed by atoms with Crippen LogP contribution in [0.1, 0.15) is 67.2 Å². The monoisotopic (exact) mass is 285 g/mol. The molecule has 8 unspecified atom stereocenters. The summed E-state index contributed by atoms with van der Waals surface area (Å²) in [5, 5.41) is 0. The molecule has 0 aromatic rings. The van der Waals surface area contributed by atoms with Gasteiger partial charge in [-0.05, 0) is 59.2 Å². The van der Waals surface area contributed by atoms with Crippen molar-refractivity contribution in [2.75, 3.05) is 0 Å². The molecule has 0 bridgehead atoms. The first-order valence-electron chi connectivity index (χ1n) is 9.61. The number of hydrogen-bond donors (Lipinski definition) is 0. The van der Waals surface area contributed by atoms with Crippen molar-refractivity contribution in [1.29, 1.82) is 0 Å². The Morgan fingerprint density at radius 2 is 1.05 bits per heavy atom. The Bertz CT molecular complexity index is 397. The highest BCUT2D eigenvalue weighted by Gasteiger charge is 2.66. The molecule has 1 radical (unpaired) electrons. The van der Waals surface area contributed by atoms with E-state index < -0.39 is 0 Å². The summed E-state index contributed by atoms with van der Waals surface area (Å²) in [6.45, 7) is 15.2. The molecule has 0 spiro atoms. The zero-order valence-corrected chi connectivity index (χ0v) is 15.0. The highest BCUT2D eigenvalue weighted by Crippen LogP contribution is 2.74. The Morgan fingerprint density at radius 3 is 1.43 bits per heavy atom. The molecule has 4 aliphatic rings. The highest BCUT2D eigenvalue weighted by atomic mass is 14.7. The third kappa shape index (κ3) is 1.94. The minimum Gasteiger partial charge on any atom is -0.0629 e. The van der Waals surface area contributed by atoms with Crippen molar-refractivity contribution in [2.45, 2.75) is 78.9 Å². The van der Waals surface area contributed by atoms with E-state index in [2.05, 4.69) is 48.8 Å². The van der Waals surface area contributed by atoms with Gasteiger partial charge in [0.15, 0.2) is 0 Å². The summed E-state index contributed by atoms with van der Waals surface area (Å²) in [5.74, 6) is 7.80. The van der Waals surface area contributed by atoms with Gasteiger partial charge in [0.1, 0.15) is 7.28 Å². The highest BCUT2D eigenvalue weighted by molar-refractivity contribution is 6.40. The molecule has 4 aliphatic carbocycles. The van der Waals surface area contributed by atoms with E-state index >= 15 is 0 Å². The molecule has 8 atom stereocenters. The molecule has 0 N–H and O–H groups in total. The lowest BCUT2D eigenvalue weighted by Gasteiger charge is -2.36. The molecule has 0 saturated heterocycles. The molecule has 0 nitrogen and oxygen atoms in total. The van der Waals surface area contributed by atoms with Crippen molar-refractivity contribution in [3.8, 4) is 0 Å². The maximum atomic E-state index is 2.91. The Hall–Kier alpha value is 0.0649. The second-order valence-electron chi connectivity index (χ2n) is 10.4. The van der Waals surface area contributed by atoms with E-state index in [1.165, 1.54) is 25.7 Å². The Kier molecular flexibility index (Phi) is 3.02. The summed E-state index contributed by atoms with van der Waals surface area (Å²) >= 11 is 0. The van der Waals surface area contributed by atoms with Crippen LogP contribution in [0.4, 0.5) is 0 Å². The molecule has 0 aromatic heterocycles. The summed E-state index contributed by atoms with van der Waals surface area (Å²) in [6.07, 6.45) is 5.95. The van der Waals surface area contributed by atoms with E-state index in [4.69, 9.17) is 0 Å². The van der Waals surface area contributed by atoms with Crippen LogP contribution in [-0.4, -0.2) is 7.28 Å². The van der Waals surface area contributed by atoms with Crippen LogP contribution in [0.5, 0.6) is 0 Å². The van der Waals surface area contributed by atoms with Gasteiger partial charge in [-0.2, -0.15) is 0 Å². The second-order valence-corrected chi connectivity index (χ2v) is 10.4. The summed E-state index contributed by atoms with van der Waals surface area (Å²) in [6, 6.07) is 0. The normalized spacial score (nSPS) is 56.1. The van der Waals surface area contributed by atoms with Gasteiger partial charge in [-0.25, -0.2) is 0 Å². The van der Waals surface area contributed by atoms with Crippen LogP contribution in [0.15, 0.2) is 0 Å². The van der Waals surface area contributed by atoms with Gasteiger partial charge in [-0.3, -0.25) is 0 Å². The zero-order valence-electron chi connectivity index (χ0n) is 15.0. The maximum Gasteiger partial charge on any atom is 0.119 e. The largest absolute Gasteiger partial charge is 0.119 e. The lowest BCUT2D eigenvalue weighted by molar-refractivity contribution is 0.334. The standard InChI is InChI=1S/C20H34B/c1-11-7-9-13-15(19(13,3)4)17(11)21-18-12(2)8-10-14-16(18)20(14,5)6/h11-18H,7-10H2,1-6H3. The SMILES string of the molecule is CC1CCC2C(C1[B]C1C(C)CCC3C1C3(C)C)C2(C)C. The molecule has 0 amide bonds. The molecule has 0 aromatic carbocycles. The fourth-order valence-electron chi connectivity index (χ4n) is 7.06.